The van der Waals surface area contributed by atoms with Crippen molar-refractivity contribution in [3.63, 3.8) is 0 Å². The summed E-state index contributed by atoms with van der Waals surface area (Å²) in [6.45, 7) is 4.44. The van der Waals surface area contributed by atoms with Gasteiger partial charge >= 0.3 is 0 Å². The number of nitrogens with zero attached hydrogens (tertiary/aromatic N) is 1. The van der Waals surface area contributed by atoms with Gasteiger partial charge in [-0.25, -0.2) is 16.8 Å². The third kappa shape index (κ3) is 5.59. The van der Waals surface area contributed by atoms with E-state index >= 15 is 0 Å². The molecular formula is C25H27N3O6S2. The number of hydrogen-bond donors (Lipinski definition) is 2. The molecule has 1 fully saturated rings. The number of sulfonamides is 2. The van der Waals surface area contributed by atoms with E-state index in [1.807, 2.05) is 6.07 Å². The molecule has 0 aromatic heterocycles. The fourth-order valence-corrected chi connectivity index (χ4v) is 6.69. The van der Waals surface area contributed by atoms with Gasteiger partial charge in [0.1, 0.15) is 0 Å². The van der Waals surface area contributed by atoms with E-state index in [0.717, 1.165) is 0 Å². The molecular weight excluding hydrogens is 502 g/mol. The summed E-state index contributed by atoms with van der Waals surface area (Å²) in [6.07, 6.45) is 0. The van der Waals surface area contributed by atoms with Crippen LogP contribution < -0.4 is 10.0 Å². The largest absolute Gasteiger partial charge is 0.379 e. The second-order valence-corrected chi connectivity index (χ2v) is 12.0. The fraction of sp³-hybridized carbons (Fsp3) is 0.240. The number of anilines is 2. The first-order chi connectivity index (χ1) is 17.1. The predicted molar refractivity (Wildman–Crippen MR) is 137 cm³/mol. The molecule has 3 aromatic rings. The third-order valence-electron chi connectivity index (χ3n) is 5.79. The number of aryl methyl sites for hydroxylation is 2. The Labute approximate surface area is 211 Å². The van der Waals surface area contributed by atoms with Crippen LogP contribution in [0.15, 0.2) is 76.5 Å². The molecule has 11 heteroatoms. The molecule has 190 valence electrons. The molecule has 1 heterocycles. The van der Waals surface area contributed by atoms with E-state index in [-0.39, 0.29) is 34.1 Å². The van der Waals surface area contributed by atoms with Crippen LogP contribution in [0.1, 0.15) is 21.5 Å². The highest BCUT2D eigenvalue weighted by molar-refractivity contribution is 7.92. The fourth-order valence-electron chi connectivity index (χ4n) is 3.88. The van der Waals surface area contributed by atoms with Crippen LogP contribution >= 0.6 is 0 Å². The van der Waals surface area contributed by atoms with E-state index < -0.39 is 26.0 Å². The van der Waals surface area contributed by atoms with Gasteiger partial charge in [0, 0.05) is 24.3 Å². The maximum atomic E-state index is 13.2. The molecule has 0 bridgehead atoms. The zero-order valence-electron chi connectivity index (χ0n) is 19.9. The Hall–Kier alpha value is -3.25. The van der Waals surface area contributed by atoms with Crippen LogP contribution in [0.5, 0.6) is 0 Å². The first-order valence-corrected chi connectivity index (χ1v) is 14.2. The second-order valence-electron chi connectivity index (χ2n) is 8.40. The first kappa shape index (κ1) is 25.8. The Bertz CT molecular complexity index is 1480. The van der Waals surface area contributed by atoms with Crippen molar-refractivity contribution in [1.29, 1.82) is 0 Å². The van der Waals surface area contributed by atoms with Crippen LogP contribution in [0.25, 0.3) is 0 Å². The average molecular weight is 530 g/mol. The molecule has 36 heavy (non-hydrogen) atoms. The van der Waals surface area contributed by atoms with Gasteiger partial charge in [-0.2, -0.15) is 4.31 Å². The summed E-state index contributed by atoms with van der Waals surface area (Å²) in [6, 6.07) is 17.4. The second kappa shape index (κ2) is 10.4. The lowest BCUT2D eigenvalue weighted by atomic mass is 10.1. The number of ether oxygens (including phenoxy) is 1. The van der Waals surface area contributed by atoms with Crippen LogP contribution in [0.4, 0.5) is 11.4 Å². The maximum absolute atomic E-state index is 13.2. The zero-order valence-corrected chi connectivity index (χ0v) is 21.5. The first-order valence-electron chi connectivity index (χ1n) is 11.3. The monoisotopic (exact) mass is 529 g/mol. The highest BCUT2D eigenvalue weighted by atomic mass is 32.2. The van der Waals surface area contributed by atoms with Crippen molar-refractivity contribution in [3.05, 3.63) is 83.4 Å². The summed E-state index contributed by atoms with van der Waals surface area (Å²) < 4.78 is 62.0. The van der Waals surface area contributed by atoms with E-state index in [9.17, 15) is 21.6 Å². The van der Waals surface area contributed by atoms with Crippen molar-refractivity contribution in [1.82, 2.24) is 4.31 Å². The maximum Gasteiger partial charge on any atom is 0.261 e. The normalized spacial score (nSPS) is 14.8. The number of amides is 1. The van der Waals surface area contributed by atoms with E-state index in [1.54, 1.807) is 44.2 Å². The van der Waals surface area contributed by atoms with Gasteiger partial charge in [-0.1, -0.05) is 30.3 Å². The molecule has 3 aromatic carbocycles. The minimum atomic E-state index is -4.12. The van der Waals surface area contributed by atoms with Gasteiger partial charge in [0.2, 0.25) is 10.0 Å². The van der Waals surface area contributed by atoms with Gasteiger partial charge in [-0.3, -0.25) is 9.52 Å². The molecule has 0 spiro atoms. The van der Waals surface area contributed by atoms with Crippen molar-refractivity contribution in [2.75, 3.05) is 36.3 Å². The number of carbonyl (C=O) groups excluding carboxylic acids is 1. The molecule has 0 radical (unpaired) electrons. The summed E-state index contributed by atoms with van der Waals surface area (Å²) in [5.41, 5.74) is 1.97. The Morgan fingerprint density at radius 1 is 0.861 bits per heavy atom. The van der Waals surface area contributed by atoms with Crippen LogP contribution in [-0.2, 0) is 24.8 Å². The zero-order chi connectivity index (χ0) is 25.9. The molecule has 0 aliphatic carbocycles. The molecule has 0 unspecified atom stereocenters. The van der Waals surface area contributed by atoms with Crippen molar-refractivity contribution in [3.8, 4) is 0 Å². The number of para-hydroxylation sites is 1. The smallest absolute Gasteiger partial charge is 0.261 e. The lowest BCUT2D eigenvalue weighted by Gasteiger charge is -2.27. The van der Waals surface area contributed by atoms with Crippen molar-refractivity contribution >= 4 is 37.3 Å². The third-order valence-corrected chi connectivity index (χ3v) is 9.20. The van der Waals surface area contributed by atoms with Gasteiger partial charge < -0.3 is 10.1 Å². The van der Waals surface area contributed by atoms with E-state index in [0.29, 0.717) is 30.0 Å². The van der Waals surface area contributed by atoms with Crippen LogP contribution in [0.3, 0.4) is 0 Å². The highest BCUT2D eigenvalue weighted by Crippen LogP contribution is 2.29. The molecule has 1 saturated heterocycles. The minimum Gasteiger partial charge on any atom is -0.379 e. The molecule has 1 aliphatic rings. The summed E-state index contributed by atoms with van der Waals surface area (Å²) in [7, 11) is -7.96. The van der Waals surface area contributed by atoms with E-state index in [4.69, 9.17) is 4.74 Å². The molecule has 0 saturated carbocycles. The number of carbonyl (C=O) groups is 1. The van der Waals surface area contributed by atoms with E-state index in [1.165, 1.54) is 34.6 Å². The predicted octanol–water partition coefficient (Wildman–Crippen LogP) is 3.38. The van der Waals surface area contributed by atoms with Crippen LogP contribution in [0.2, 0.25) is 0 Å². The SMILES string of the molecule is Cc1cc(C)c(S(=O)(=O)N2CCOCC2)cc1NS(=O)(=O)c1cccc(C(=O)Nc2ccccc2)c1. The van der Waals surface area contributed by atoms with Crippen molar-refractivity contribution in [2.45, 2.75) is 23.6 Å². The van der Waals surface area contributed by atoms with Crippen molar-refractivity contribution in [2.24, 2.45) is 0 Å². The molecule has 4 rings (SSSR count). The Balaban J connectivity index is 1.61. The Morgan fingerprint density at radius 3 is 2.25 bits per heavy atom. The van der Waals surface area contributed by atoms with Gasteiger partial charge in [0.25, 0.3) is 15.9 Å². The molecule has 2 N–H and O–H groups in total. The number of morpholine rings is 1. The molecule has 1 aliphatic heterocycles. The Kier molecular flexibility index (Phi) is 7.46. The number of nitrogens with one attached hydrogen (secondary N) is 2. The molecule has 1 amide bonds. The topological polar surface area (TPSA) is 122 Å². The van der Waals surface area contributed by atoms with Crippen LogP contribution in [0, 0.1) is 13.8 Å². The number of benzene rings is 3. The molecule has 0 atom stereocenters. The summed E-state index contributed by atoms with van der Waals surface area (Å²) in [5.74, 6) is -0.455. The van der Waals surface area contributed by atoms with Crippen LogP contribution in [-0.4, -0.2) is 53.4 Å². The van der Waals surface area contributed by atoms with Crippen molar-refractivity contribution < 1.29 is 26.4 Å². The van der Waals surface area contributed by atoms with Gasteiger partial charge in [0.15, 0.2) is 0 Å². The summed E-state index contributed by atoms with van der Waals surface area (Å²) in [4.78, 5) is 12.5. The molecule has 9 nitrogen and oxygen atoms in total. The lowest BCUT2D eigenvalue weighted by molar-refractivity contribution is 0.0730. The summed E-state index contributed by atoms with van der Waals surface area (Å²) >= 11 is 0. The van der Waals surface area contributed by atoms with E-state index in [2.05, 4.69) is 10.0 Å². The average Bonchev–Trinajstić information content (AvgIpc) is 2.86. The minimum absolute atomic E-state index is 0.0312. The highest BCUT2D eigenvalue weighted by Gasteiger charge is 2.29. The summed E-state index contributed by atoms with van der Waals surface area (Å²) in [5, 5.41) is 2.72. The lowest BCUT2D eigenvalue weighted by Crippen LogP contribution is -2.40. The Morgan fingerprint density at radius 2 is 1.56 bits per heavy atom. The quantitative estimate of drug-likeness (QED) is 0.484. The number of hydrogen-bond acceptors (Lipinski definition) is 6. The standard InChI is InChI=1S/C25H27N3O6S2/c1-18-15-19(2)24(36(32,33)28-11-13-34-14-12-28)17-23(18)27-35(30,31)22-10-6-7-20(16-22)25(29)26-21-8-4-3-5-9-21/h3-10,15-17,27H,11-14H2,1-2H3,(H,26,29). The van der Waals surface area contributed by atoms with Gasteiger partial charge in [-0.15, -0.1) is 0 Å². The van der Waals surface area contributed by atoms with Gasteiger partial charge in [0.05, 0.1) is 28.7 Å². The number of rotatable bonds is 7. The van der Waals surface area contributed by atoms with Gasteiger partial charge in [-0.05, 0) is 61.4 Å².